The Labute approximate surface area is 308 Å². The normalized spacial score (nSPS) is 25.1. The first kappa shape index (κ1) is 34.8. The average Bonchev–Trinajstić information content (AvgIpc) is 3.44. The molecule has 266 valence electrons. The Bertz CT molecular complexity index is 1920. The molecule has 0 unspecified atom stereocenters. The topological polar surface area (TPSA) is 131 Å². The van der Waals surface area contributed by atoms with Gasteiger partial charge in [0.1, 0.15) is 29.5 Å². The van der Waals surface area contributed by atoms with E-state index in [9.17, 15) is 14.4 Å². The Morgan fingerprint density at radius 2 is 1.88 bits per heavy atom. The standard InChI is InChI=1S/C38H40BrN5O6S/c1-48-28-15-10-12-26(20-28)40-31-16-9-4-2-3-6-11-24-22-38(24,36(47)43-50-27-13-7-5-8-14-27)42-34(45)32-21-29(23-44(32)35(31)46)49-37-41-30-18-17-25(39)19-33(30)51-37/h5-8,10-15,17-20,24,29,31-32,40H,2-4,9,16,21-23H2,1H3,(H,42,45)(H,43,47)/t24-,29-,31+,32+,38-/m1/s1. The number of carbonyl (C=O) groups is 3. The fourth-order valence-electron chi connectivity index (χ4n) is 6.83. The van der Waals surface area contributed by atoms with E-state index < -0.39 is 35.5 Å². The molecule has 1 aromatic heterocycles. The number of rotatable bonds is 8. The molecule has 4 aromatic rings. The first-order valence-electron chi connectivity index (χ1n) is 17.3. The predicted octanol–water partition coefficient (Wildman–Crippen LogP) is 6.40. The van der Waals surface area contributed by atoms with Crippen molar-refractivity contribution in [3.8, 4) is 16.7 Å². The van der Waals surface area contributed by atoms with Gasteiger partial charge in [0.15, 0.2) is 5.75 Å². The first-order chi connectivity index (χ1) is 24.8. The smallest absolute Gasteiger partial charge is 0.278 e. The minimum absolute atomic E-state index is 0.187. The SMILES string of the molecule is COc1cccc(N[C@H]2CCCCCC=C[C@@H]3C[C@@]3(C(=O)NOc3ccccc3)NC(=O)[C@@H]3C[C@@H](Oc4nc5ccc(Br)cc5s4)CN3C2=O)c1. The van der Waals surface area contributed by atoms with Crippen molar-refractivity contribution in [2.24, 2.45) is 5.92 Å². The number of hydrogen-bond donors (Lipinski definition) is 3. The fourth-order valence-corrected chi connectivity index (χ4v) is 8.27. The van der Waals surface area contributed by atoms with Crippen LogP contribution in [0.2, 0.25) is 0 Å². The van der Waals surface area contributed by atoms with E-state index in [0.717, 1.165) is 46.1 Å². The molecule has 2 aliphatic heterocycles. The van der Waals surface area contributed by atoms with E-state index in [4.69, 9.17) is 14.3 Å². The second-order valence-corrected chi connectivity index (χ2v) is 15.1. The van der Waals surface area contributed by atoms with Crippen LogP contribution in [-0.2, 0) is 14.4 Å². The van der Waals surface area contributed by atoms with Crippen LogP contribution in [0.1, 0.15) is 44.9 Å². The maximum absolute atomic E-state index is 14.6. The van der Waals surface area contributed by atoms with E-state index in [1.165, 1.54) is 11.3 Å². The number of anilines is 1. The van der Waals surface area contributed by atoms with Gasteiger partial charge in [-0.25, -0.2) is 4.98 Å². The van der Waals surface area contributed by atoms with Crippen molar-refractivity contribution in [3.05, 3.63) is 89.4 Å². The van der Waals surface area contributed by atoms with Crippen LogP contribution >= 0.6 is 27.3 Å². The van der Waals surface area contributed by atoms with Crippen LogP contribution in [0.15, 0.2) is 89.4 Å². The fraction of sp³-hybridized carbons (Fsp3) is 0.368. The zero-order valence-electron chi connectivity index (χ0n) is 28.2. The van der Waals surface area contributed by atoms with E-state index in [1.54, 1.807) is 24.1 Å². The number of aromatic nitrogens is 1. The predicted molar refractivity (Wildman–Crippen MR) is 199 cm³/mol. The lowest BCUT2D eigenvalue weighted by molar-refractivity contribution is -0.141. The second-order valence-electron chi connectivity index (χ2n) is 13.2. The molecule has 13 heteroatoms. The van der Waals surface area contributed by atoms with Gasteiger partial charge in [-0.15, -0.1) is 0 Å². The van der Waals surface area contributed by atoms with Gasteiger partial charge in [-0.05, 0) is 68.1 Å². The maximum atomic E-state index is 14.6. The molecule has 3 N–H and O–H groups in total. The molecule has 1 saturated heterocycles. The molecule has 3 aliphatic rings. The molecule has 0 spiro atoms. The Hall–Kier alpha value is -4.62. The van der Waals surface area contributed by atoms with Crippen molar-refractivity contribution < 1.29 is 28.7 Å². The minimum atomic E-state index is -1.21. The van der Waals surface area contributed by atoms with Gasteiger partial charge in [0.25, 0.3) is 11.1 Å². The summed E-state index contributed by atoms with van der Waals surface area (Å²) in [6, 6.07) is 20.8. The highest BCUT2D eigenvalue weighted by molar-refractivity contribution is 9.10. The third-order valence-corrected chi connectivity index (χ3v) is 11.1. The molecule has 3 aromatic carbocycles. The Morgan fingerprint density at radius 3 is 2.73 bits per heavy atom. The number of hydroxylamine groups is 1. The van der Waals surface area contributed by atoms with Gasteiger partial charge < -0.3 is 29.8 Å². The zero-order valence-corrected chi connectivity index (χ0v) is 30.6. The highest BCUT2D eigenvalue weighted by Crippen LogP contribution is 2.45. The number of amides is 3. The van der Waals surface area contributed by atoms with E-state index >= 15 is 0 Å². The van der Waals surface area contributed by atoms with Gasteiger partial charge >= 0.3 is 0 Å². The molecular formula is C38H40BrN5O6S. The monoisotopic (exact) mass is 773 g/mol. The quantitative estimate of drug-likeness (QED) is 0.139. The number of ether oxygens (including phenoxy) is 2. The van der Waals surface area contributed by atoms with Crippen molar-refractivity contribution in [2.75, 3.05) is 19.0 Å². The van der Waals surface area contributed by atoms with Crippen molar-refractivity contribution in [1.29, 1.82) is 0 Å². The van der Waals surface area contributed by atoms with Crippen molar-refractivity contribution in [3.63, 3.8) is 0 Å². The Balaban J connectivity index is 1.17. The molecular weight excluding hydrogens is 734 g/mol. The van der Waals surface area contributed by atoms with E-state index in [1.807, 2.05) is 66.7 Å². The van der Waals surface area contributed by atoms with Crippen LogP contribution in [0.5, 0.6) is 16.7 Å². The third kappa shape index (κ3) is 7.99. The highest BCUT2D eigenvalue weighted by atomic mass is 79.9. The maximum Gasteiger partial charge on any atom is 0.278 e. The summed E-state index contributed by atoms with van der Waals surface area (Å²) < 4.78 is 13.7. The Morgan fingerprint density at radius 1 is 1.04 bits per heavy atom. The molecule has 2 fully saturated rings. The number of nitrogens with one attached hydrogen (secondary N) is 3. The number of hydrogen-bond acceptors (Lipinski definition) is 9. The minimum Gasteiger partial charge on any atom is -0.497 e. The molecule has 51 heavy (non-hydrogen) atoms. The molecule has 11 nitrogen and oxygen atoms in total. The number of methoxy groups -OCH3 is 1. The van der Waals surface area contributed by atoms with Crippen molar-refractivity contribution in [1.82, 2.24) is 20.7 Å². The van der Waals surface area contributed by atoms with Gasteiger partial charge in [0.05, 0.1) is 23.9 Å². The number of benzene rings is 3. The summed E-state index contributed by atoms with van der Waals surface area (Å²) in [6.07, 6.45) is 8.36. The highest BCUT2D eigenvalue weighted by Gasteiger charge is 2.61. The molecule has 0 radical (unpaired) electrons. The van der Waals surface area contributed by atoms with Gasteiger partial charge in [-0.3, -0.25) is 14.4 Å². The lowest BCUT2D eigenvalue weighted by Gasteiger charge is -2.30. The van der Waals surface area contributed by atoms with Crippen molar-refractivity contribution in [2.45, 2.75) is 68.7 Å². The molecule has 0 bridgehead atoms. The first-order valence-corrected chi connectivity index (χ1v) is 18.9. The molecule has 3 amide bonds. The number of allylic oxidation sites excluding steroid dienone is 1. The number of halogens is 1. The van der Waals surface area contributed by atoms with Crippen LogP contribution in [0.3, 0.4) is 0 Å². The van der Waals surface area contributed by atoms with Crippen LogP contribution < -0.4 is 30.4 Å². The molecule has 3 heterocycles. The summed E-state index contributed by atoms with van der Waals surface area (Å²) in [4.78, 5) is 54.5. The number of para-hydroxylation sites is 1. The van der Waals surface area contributed by atoms with Crippen LogP contribution in [0.4, 0.5) is 5.69 Å². The average molecular weight is 775 g/mol. The number of nitrogens with zero attached hydrogens (tertiary/aromatic N) is 2. The molecule has 1 saturated carbocycles. The summed E-state index contributed by atoms with van der Waals surface area (Å²) in [5.41, 5.74) is 2.90. The number of carbonyl (C=O) groups excluding carboxylic acids is 3. The van der Waals surface area contributed by atoms with Gasteiger partial charge in [0.2, 0.25) is 11.8 Å². The Kier molecular flexibility index (Phi) is 10.5. The number of fused-ring (bicyclic) bond motifs is 3. The third-order valence-electron chi connectivity index (χ3n) is 9.66. The molecule has 7 rings (SSSR count). The van der Waals surface area contributed by atoms with Crippen LogP contribution in [-0.4, -0.2) is 65.0 Å². The van der Waals surface area contributed by atoms with Gasteiger partial charge in [-0.1, -0.05) is 76.5 Å². The summed E-state index contributed by atoms with van der Waals surface area (Å²) in [5.74, 6) is -0.131. The van der Waals surface area contributed by atoms with Crippen molar-refractivity contribution >= 4 is 60.9 Å². The lowest BCUT2D eigenvalue weighted by atomic mass is 10.0. The summed E-state index contributed by atoms with van der Waals surface area (Å²) in [5, 5.41) is 6.97. The zero-order chi connectivity index (χ0) is 35.4. The molecule has 1 aliphatic carbocycles. The van der Waals surface area contributed by atoms with Gasteiger partial charge in [0, 0.05) is 28.6 Å². The summed E-state index contributed by atoms with van der Waals surface area (Å²) in [6.45, 7) is 0.187. The van der Waals surface area contributed by atoms with Gasteiger partial charge in [-0.2, -0.15) is 5.48 Å². The lowest BCUT2D eigenvalue weighted by Crippen LogP contribution is -2.57. The molecule has 5 atom stereocenters. The summed E-state index contributed by atoms with van der Waals surface area (Å²) in [7, 11) is 1.60. The van der Waals surface area contributed by atoms with E-state index in [2.05, 4.69) is 43.1 Å². The largest absolute Gasteiger partial charge is 0.497 e. The van der Waals surface area contributed by atoms with E-state index in [-0.39, 0.29) is 24.8 Å². The van der Waals surface area contributed by atoms with Crippen LogP contribution in [0, 0.1) is 5.92 Å². The van der Waals surface area contributed by atoms with Crippen LogP contribution in [0.25, 0.3) is 10.2 Å². The summed E-state index contributed by atoms with van der Waals surface area (Å²) >= 11 is 4.93. The van der Waals surface area contributed by atoms with E-state index in [0.29, 0.717) is 29.5 Å². The number of thiazole rings is 1. The second kappa shape index (κ2) is 15.3.